The van der Waals surface area contributed by atoms with Crippen LogP contribution in [-0.2, 0) is 4.74 Å². The van der Waals surface area contributed by atoms with Crippen LogP contribution in [0.25, 0.3) is 33.7 Å². The molecule has 3 aromatic heterocycles. The van der Waals surface area contributed by atoms with Gasteiger partial charge in [0.05, 0.1) is 36.8 Å². The molecular formula is C27H29F2N7OS. The van der Waals surface area contributed by atoms with Gasteiger partial charge in [-0.25, -0.2) is 24.3 Å². The molecule has 0 saturated carbocycles. The number of hydrogen-bond acceptors (Lipinski definition) is 9. The normalized spacial score (nSPS) is 13.6. The minimum atomic E-state index is -0.413. The summed E-state index contributed by atoms with van der Waals surface area (Å²) in [6, 6.07) is 12.6. The molecule has 0 atom stereocenters. The zero-order chi connectivity index (χ0) is 26.3. The van der Waals surface area contributed by atoms with E-state index in [1.54, 1.807) is 30.5 Å². The number of fused-ring (bicyclic) bond motifs is 1. The summed E-state index contributed by atoms with van der Waals surface area (Å²) in [6.07, 6.45) is 2.16. The smallest absolute Gasteiger partial charge is 0.163 e. The summed E-state index contributed by atoms with van der Waals surface area (Å²) in [6.45, 7) is 4.91. The molecule has 198 valence electrons. The Morgan fingerprint density at radius 1 is 1.05 bits per heavy atom. The number of pyridine rings is 2. The van der Waals surface area contributed by atoms with Gasteiger partial charge >= 0.3 is 0 Å². The van der Waals surface area contributed by atoms with Crippen molar-refractivity contribution in [3.8, 4) is 22.6 Å². The molecule has 1 aliphatic rings. The molecule has 5 rings (SSSR count). The first-order chi connectivity index (χ1) is 18.7. The van der Waals surface area contributed by atoms with Gasteiger partial charge in [-0.15, -0.1) is 0 Å². The lowest BCUT2D eigenvalue weighted by atomic mass is 10.1. The van der Waals surface area contributed by atoms with Crippen LogP contribution in [0.5, 0.6) is 0 Å². The highest BCUT2D eigenvalue weighted by atomic mass is 32.2. The lowest BCUT2D eigenvalue weighted by Crippen LogP contribution is -2.37. The first kappa shape index (κ1) is 26.1. The topological polar surface area (TPSA) is 88.1 Å². The van der Waals surface area contributed by atoms with E-state index in [4.69, 9.17) is 19.7 Å². The van der Waals surface area contributed by atoms with Crippen molar-refractivity contribution in [1.29, 1.82) is 0 Å². The molecule has 0 spiro atoms. The monoisotopic (exact) mass is 537 g/mol. The van der Waals surface area contributed by atoms with Crippen molar-refractivity contribution in [1.82, 2.24) is 19.9 Å². The fraction of sp³-hybridized carbons (Fsp3) is 0.333. The molecule has 2 N–H and O–H groups in total. The Balaban J connectivity index is 1.54. The van der Waals surface area contributed by atoms with E-state index >= 15 is 4.39 Å². The molecule has 0 radical (unpaired) electrons. The lowest BCUT2D eigenvalue weighted by Gasteiger charge is -2.28. The maximum absolute atomic E-state index is 15.4. The summed E-state index contributed by atoms with van der Waals surface area (Å²) in [4.78, 5) is 21.1. The van der Waals surface area contributed by atoms with Crippen molar-refractivity contribution >= 4 is 40.3 Å². The summed E-state index contributed by atoms with van der Waals surface area (Å²) in [5.74, 6) is 2.15. The van der Waals surface area contributed by atoms with Crippen LogP contribution in [0.15, 0.2) is 48.7 Å². The first-order valence-corrected chi connectivity index (χ1v) is 13.6. The number of anilines is 3. The highest BCUT2D eigenvalue weighted by Gasteiger charge is 2.21. The van der Waals surface area contributed by atoms with Gasteiger partial charge in [0, 0.05) is 42.7 Å². The minimum absolute atomic E-state index is 0.335. The Kier molecular flexibility index (Phi) is 8.44. The number of rotatable bonds is 10. The molecule has 1 aromatic carbocycles. The summed E-state index contributed by atoms with van der Waals surface area (Å²) in [5, 5.41) is 3.19. The number of morpholine rings is 1. The van der Waals surface area contributed by atoms with Crippen LogP contribution in [0, 0.1) is 5.82 Å². The highest BCUT2D eigenvalue weighted by Crippen LogP contribution is 2.32. The van der Waals surface area contributed by atoms with Crippen molar-refractivity contribution in [2.45, 2.75) is 13.3 Å². The Morgan fingerprint density at radius 3 is 2.68 bits per heavy atom. The van der Waals surface area contributed by atoms with Crippen molar-refractivity contribution in [3.05, 3.63) is 54.5 Å². The predicted molar refractivity (Wildman–Crippen MR) is 150 cm³/mol. The van der Waals surface area contributed by atoms with E-state index in [9.17, 15) is 4.39 Å². The zero-order valence-corrected chi connectivity index (χ0v) is 21.9. The SMILES string of the molecule is CCNc1ccc(-c2nc(N3CCOCC3)c3nc(-c4cccc(NSCCCF)c4F)ccc3n2)cn1. The molecule has 38 heavy (non-hydrogen) atoms. The van der Waals surface area contributed by atoms with Crippen LogP contribution < -0.4 is 14.9 Å². The van der Waals surface area contributed by atoms with Crippen molar-refractivity contribution in [2.24, 2.45) is 0 Å². The van der Waals surface area contributed by atoms with E-state index in [0.717, 1.165) is 17.9 Å². The number of alkyl halides is 1. The maximum Gasteiger partial charge on any atom is 0.163 e. The molecule has 8 nitrogen and oxygen atoms in total. The van der Waals surface area contributed by atoms with E-state index < -0.39 is 12.5 Å². The molecule has 0 bridgehead atoms. The largest absolute Gasteiger partial charge is 0.378 e. The Labute approximate surface area is 224 Å². The Bertz CT molecular complexity index is 1380. The van der Waals surface area contributed by atoms with E-state index in [1.165, 1.54) is 11.9 Å². The van der Waals surface area contributed by atoms with Gasteiger partial charge in [0.25, 0.3) is 0 Å². The van der Waals surface area contributed by atoms with E-state index in [2.05, 4.69) is 19.9 Å². The molecule has 1 aliphatic heterocycles. The third kappa shape index (κ3) is 5.78. The van der Waals surface area contributed by atoms with Crippen LogP contribution >= 0.6 is 11.9 Å². The lowest BCUT2D eigenvalue weighted by molar-refractivity contribution is 0.122. The molecule has 0 amide bonds. The van der Waals surface area contributed by atoms with Crippen LogP contribution in [0.3, 0.4) is 0 Å². The summed E-state index contributed by atoms with van der Waals surface area (Å²) in [5.41, 5.74) is 3.23. The Morgan fingerprint density at radius 2 is 1.92 bits per heavy atom. The second kappa shape index (κ2) is 12.3. The number of hydrogen-bond donors (Lipinski definition) is 2. The van der Waals surface area contributed by atoms with E-state index in [1.807, 2.05) is 25.1 Å². The van der Waals surface area contributed by atoms with Crippen LogP contribution in [0.1, 0.15) is 13.3 Å². The molecular weight excluding hydrogens is 508 g/mol. The number of aromatic nitrogens is 4. The van der Waals surface area contributed by atoms with Gasteiger partial charge in [0.2, 0.25) is 0 Å². The fourth-order valence-corrected chi connectivity index (χ4v) is 4.82. The maximum atomic E-state index is 15.4. The van der Waals surface area contributed by atoms with Crippen molar-refractivity contribution in [2.75, 3.05) is 60.2 Å². The van der Waals surface area contributed by atoms with Crippen LogP contribution in [-0.4, -0.2) is 65.2 Å². The standard InChI is InChI=1S/C27H29F2N7OS/c1-2-30-23-10-7-18(17-31-23)26-33-22-9-8-20(32-25(22)27(34-26)36-12-14-37-15-13-36)19-5-3-6-21(24(19)29)35-38-16-4-11-28/h3,5-10,17,35H,2,4,11-16H2,1H3,(H,30,31). The summed E-state index contributed by atoms with van der Waals surface area (Å²) in [7, 11) is 0. The molecule has 4 aromatic rings. The summed E-state index contributed by atoms with van der Waals surface area (Å²) >= 11 is 1.28. The van der Waals surface area contributed by atoms with Gasteiger partial charge in [-0.3, -0.25) is 4.39 Å². The second-order valence-corrected chi connectivity index (χ2v) is 9.56. The highest BCUT2D eigenvalue weighted by molar-refractivity contribution is 8.00. The third-order valence-electron chi connectivity index (χ3n) is 6.05. The number of nitrogens with one attached hydrogen (secondary N) is 2. The van der Waals surface area contributed by atoms with Crippen LogP contribution in [0.2, 0.25) is 0 Å². The molecule has 0 unspecified atom stereocenters. The van der Waals surface area contributed by atoms with Gasteiger partial charge in [-0.05, 0) is 49.7 Å². The number of benzene rings is 1. The molecule has 1 saturated heterocycles. The number of halogens is 2. The number of ether oxygens (including phenoxy) is 1. The molecule has 1 fully saturated rings. The summed E-state index contributed by atoms with van der Waals surface area (Å²) < 4.78 is 36.4. The molecule has 4 heterocycles. The third-order valence-corrected chi connectivity index (χ3v) is 6.91. The van der Waals surface area contributed by atoms with Gasteiger partial charge in [0.15, 0.2) is 17.5 Å². The molecule has 0 aliphatic carbocycles. The average molecular weight is 538 g/mol. The van der Waals surface area contributed by atoms with Gasteiger partial charge in [0.1, 0.15) is 11.3 Å². The van der Waals surface area contributed by atoms with E-state index in [-0.39, 0.29) is 0 Å². The molecule has 11 heteroatoms. The van der Waals surface area contributed by atoms with E-state index in [0.29, 0.717) is 78.1 Å². The first-order valence-electron chi connectivity index (χ1n) is 12.6. The van der Waals surface area contributed by atoms with Gasteiger partial charge in [-0.1, -0.05) is 18.0 Å². The van der Waals surface area contributed by atoms with Gasteiger partial charge in [-0.2, -0.15) is 0 Å². The fourth-order valence-electron chi connectivity index (χ4n) is 4.15. The zero-order valence-electron chi connectivity index (χ0n) is 21.1. The second-order valence-electron chi connectivity index (χ2n) is 8.66. The van der Waals surface area contributed by atoms with Crippen LogP contribution in [0.4, 0.5) is 26.1 Å². The number of nitrogens with zero attached hydrogens (tertiary/aromatic N) is 5. The van der Waals surface area contributed by atoms with Crippen molar-refractivity contribution < 1.29 is 13.5 Å². The minimum Gasteiger partial charge on any atom is -0.378 e. The quantitative estimate of drug-likeness (QED) is 0.199. The van der Waals surface area contributed by atoms with Gasteiger partial charge < -0.3 is 19.7 Å². The Hall–Kier alpha value is -3.57. The predicted octanol–water partition coefficient (Wildman–Crippen LogP) is 5.58. The van der Waals surface area contributed by atoms with Crippen molar-refractivity contribution in [3.63, 3.8) is 0 Å². The average Bonchev–Trinajstić information content (AvgIpc) is 2.96.